The molecule has 0 unspecified atom stereocenters. The number of fused-ring (bicyclic) bond motifs is 1. The van der Waals surface area contributed by atoms with Gasteiger partial charge in [-0.2, -0.15) is 0 Å². The number of carbonyl (C=O) groups excluding carboxylic acids is 2. The molecule has 0 saturated heterocycles. The number of hydrogen-bond donors (Lipinski definition) is 2. The summed E-state index contributed by atoms with van der Waals surface area (Å²) in [4.78, 5) is 24.5. The highest BCUT2D eigenvalue weighted by Crippen LogP contribution is 2.34. The number of halogens is 1. The number of carbonyl (C=O) groups is 2. The smallest absolute Gasteiger partial charge is 0.412 e. The van der Waals surface area contributed by atoms with Crippen molar-refractivity contribution in [2.75, 3.05) is 10.6 Å². The molecule has 0 aliphatic heterocycles. The lowest BCUT2D eigenvalue weighted by molar-refractivity contribution is 0.0621. The lowest BCUT2D eigenvalue weighted by Crippen LogP contribution is -2.29. The third-order valence-corrected chi connectivity index (χ3v) is 3.74. The Labute approximate surface area is 167 Å². The van der Waals surface area contributed by atoms with Gasteiger partial charge in [0.25, 0.3) is 0 Å². The average Bonchev–Trinajstić information content (AvgIpc) is 2.45. The summed E-state index contributed by atoms with van der Waals surface area (Å²) >= 11 is 3.44. The number of nitrogens with one attached hydrogen (secondary N) is 2. The van der Waals surface area contributed by atoms with Crippen molar-refractivity contribution >= 4 is 50.3 Å². The quantitative estimate of drug-likeness (QED) is 0.579. The Morgan fingerprint density at radius 2 is 1.41 bits per heavy atom. The third kappa shape index (κ3) is 6.43. The van der Waals surface area contributed by atoms with E-state index in [2.05, 4.69) is 26.6 Å². The highest BCUT2D eigenvalue weighted by Gasteiger charge is 2.21. The zero-order valence-corrected chi connectivity index (χ0v) is 18.0. The Hall–Kier alpha value is -2.28. The van der Waals surface area contributed by atoms with Crippen LogP contribution in [0.15, 0.2) is 34.8 Å². The topological polar surface area (TPSA) is 76.7 Å². The van der Waals surface area contributed by atoms with E-state index in [0.29, 0.717) is 11.4 Å². The summed E-state index contributed by atoms with van der Waals surface area (Å²) < 4.78 is 11.6. The van der Waals surface area contributed by atoms with Crippen molar-refractivity contribution in [2.45, 2.75) is 52.7 Å². The maximum Gasteiger partial charge on any atom is 0.412 e. The molecule has 27 heavy (non-hydrogen) atoms. The number of ether oxygens (including phenoxy) is 2. The standard InChI is InChI=1S/C20H25BrN2O4/c1-19(2,3)26-17(24)22-15-10-7-12-11-13(21)8-9-14(12)16(15)23-18(25)27-20(4,5)6/h7-11H,1-6H3,(H,22,24)(H,23,25). The van der Waals surface area contributed by atoms with E-state index in [1.807, 2.05) is 24.3 Å². The fourth-order valence-corrected chi connectivity index (χ4v) is 2.74. The van der Waals surface area contributed by atoms with Gasteiger partial charge in [-0.05, 0) is 65.1 Å². The first-order chi connectivity index (χ1) is 12.3. The van der Waals surface area contributed by atoms with E-state index in [9.17, 15) is 9.59 Å². The molecule has 0 aliphatic rings. The van der Waals surface area contributed by atoms with E-state index < -0.39 is 23.4 Å². The predicted molar refractivity (Wildman–Crippen MR) is 111 cm³/mol. The van der Waals surface area contributed by atoms with E-state index in [-0.39, 0.29) is 0 Å². The molecule has 0 fully saturated rings. The summed E-state index contributed by atoms with van der Waals surface area (Å²) in [5.74, 6) is 0. The summed E-state index contributed by atoms with van der Waals surface area (Å²) in [5, 5.41) is 7.11. The summed E-state index contributed by atoms with van der Waals surface area (Å²) in [6, 6.07) is 9.21. The van der Waals surface area contributed by atoms with Gasteiger partial charge in [0, 0.05) is 9.86 Å². The van der Waals surface area contributed by atoms with E-state index in [0.717, 1.165) is 15.2 Å². The van der Waals surface area contributed by atoms with Crippen LogP contribution in [0.1, 0.15) is 41.5 Å². The van der Waals surface area contributed by atoms with Crippen LogP contribution in [0.4, 0.5) is 21.0 Å². The van der Waals surface area contributed by atoms with E-state index >= 15 is 0 Å². The normalized spacial score (nSPS) is 11.8. The Morgan fingerprint density at radius 1 is 0.852 bits per heavy atom. The van der Waals surface area contributed by atoms with Crippen LogP contribution < -0.4 is 10.6 Å². The summed E-state index contributed by atoms with van der Waals surface area (Å²) in [6.07, 6.45) is -1.21. The van der Waals surface area contributed by atoms with Crippen LogP contribution in [0.2, 0.25) is 0 Å². The molecule has 2 aromatic rings. The lowest BCUT2D eigenvalue weighted by atomic mass is 10.1. The molecule has 0 aromatic heterocycles. The Balaban J connectivity index is 2.42. The van der Waals surface area contributed by atoms with Crippen molar-refractivity contribution in [3.63, 3.8) is 0 Å². The van der Waals surface area contributed by atoms with E-state index in [4.69, 9.17) is 9.47 Å². The predicted octanol–water partition coefficient (Wildman–Crippen LogP) is 6.30. The number of amides is 2. The fraction of sp³-hybridized carbons (Fsp3) is 0.400. The maximum atomic E-state index is 12.3. The minimum absolute atomic E-state index is 0.421. The molecule has 6 nitrogen and oxygen atoms in total. The molecule has 2 N–H and O–H groups in total. The molecule has 0 saturated carbocycles. The summed E-state index contributed by atoms with van der Waals surface area (Å²) in [7, 11) is 0. The van der Waals surface area contributed by atoms with Gasteiger partial charge >= 0.3 is 12.2 Å². The zero-order chi connectivity index (χ0) is 20.4. The molecule has 0 heterocycles. The van der Waals surface area contributed by atoms with Crippen LogP contribution in [-0.4, -0.2) is 23.4 Å². The largest absolute Gasteiger partial charge is 0.444 e. The van der Waals surface area contributed by atoms with Gasteiger partial charge in [-0.25, -0.2) is 9.59 Å². The van der Waals surface area contributed by atoms with Gasteiger partial charge in [-0.15, -0.1) is 0 Å². The SMILES string of the molecule is CC(C)(C)OC(=O)Nc1ccc2cc(Br)ccc2c1NC(=O)OC(C)(C)C. The molecule has 0 bridgehead atoms. The highest BCUT2D eigenvalue weighted by molar-refractivity contribution is 9.10. The minimum atomic E-state index is -0.642. The second-order valence-corrected chi connectivity index (χ2v) is 9.02. The van der Waals surface area contributed by atoms with Crippen LogP contribution in [0.25, 0.3) is 10.8 Å². The second-order valence-electron chi connectivity index (χ2n) is 8.11. The monoisotopic (exact) mass is 436 g/mol. The minimum Gasteiger partial charge on any atom is -0.444 e. The Bertz CT molecular complexity index is 867. The molecule has 0 radical (unpaired) electrons. The lowest BCUT2D eigenvalue weighted by Gasteiger charge is -2.23. The average molecular weight is 437 g/mol. The molecule has 2 rings (SSSR count). The molecule has 7 heteroatoms. The van der Waals surface area contributed by atoms with Crippen LogP contribution >= 0.6 is 15.9 Å². The van der Waals surface area contributed by atoms with Crippen LogP contribution in [0.5, 0.6) is 0 Å². The van der Waals surface area contributed by atoms with Gasteiger partial charge in [0.2, 0.25) is 0 Å². The second kappa shape index (κ2) is 7.76. The van der Waals surface area contributed by atoms with Gasteiger partial charge in [0.1, 0.15) is 11.2 Å². The molecule has 0 atom stereocenters. The maximum absolute atomic E-state index is 12.3. The molecule has 0 aliphatic carbocycles. The zero-order valence-electron chi connectivity index (χ0n) is 16.4. The van der Waals surface area contributed by atoms with Gasteiger partial charge in [0.15, 0.2) is 0 Å². The van der Waals surface area contributed by atoms with Crippen LogP contribution in [0.3, 0.4) is 0 Å². The highest BCUT2D eigenvalue weighted by atomic mass is 79.9. The van der Waals surface area contributed by atoms with Crippen molar-refractivity contribution in [1.82, 2.24) is 0 Å². The summed E-state index contributed by atoms with van der Waals surface area (Å²) in [5.41, 5.74) is -0.411. The Morgan fingerprint density at radius 3 is 1.96 bits per heavy atom. The molecule has 2 aromatic carbocycles. The van der Waals surface area contributed by atoms with E-state index in [1.165, 1.54) is 0 Å². The first-order valence-electron chi connectivity index (χ1n) is 8.56. The number of hydrogen-bond acceptors (Lipinski definition) is 4. The molecular weight excluding hydrogens is 412 g/mol. The van der Waals surface area contributed by atoms with Gasteiger partial charge in [-0.1, -0.05) is 28.1 Å². The first-order valence-corrected chi connectivity index (χ1v) is 9.36. The first kappa shape index (κ1) is 21.0. The van der Waals surface area contributed by atoms with Gasteiger partial charge in [0.05, 0.1) is 11.4 Å². The molecule has 0 spiro atoms. The van der Waals surface area contributed by atoms with Crippen LogP contribution in [-0.2, 0) is 9.47 Å². The fourth-order valence-electron chi connectivity index (χ4n) is 2.36. The Kier molecular flexibility index (Phi) is 6.04. The van der Waals surface area contributed by atoms with Crippen molar-refractivity contribution in [2.24, 2.45) is 0 Å². The molecular formula is C20H25BrN2O4. The van der Waals surface area contributed by atoms with Gasteiger partial charge in [-0.3, -0.25) is 10.6 Å². The number of rotatable bonds is 2. The van der Waals surface area contributed by atoms with Crippen molar-refractivity contribution in [1.29, 1.82) is 0 Å². The molecule has 146 valence electrons. The molecule has 2 amide bonds. The van der Waals surface area contributed by atoms with Crippen molar-refractivity contribution < 1.29 is 19.1 Å². The van der Waals surface area contributed by atoms with Crippen LogP contribution in [0, 0.1) is 0 Å². The number of anilines is 2. The summed E-state index contributed by atoms with van der Waals surface area (Å²) in [6.45, 7) is 10.7. The number of benzene rings is 2. The van der Waals surface area contributed by atoms with Crippen molar-refractivity contribution in [3.05, 3.63) is 34.8 Å². The van der Waals surface area contributed by atoms with Gasteiger partial charge < -0.3 is 9.47 Å². The third-order valence-electron chi connectivity index (χ3n) is 3.24. The van der Waals surface area contributed by atoms with Crippen molar-refractivity contribution in [3.8, 4) is 0 Å². The van der Waals surface area contributed by atoms with E-state index in [1.54, 1.807) is 47.6 Å².